The third kappa shape index (κ3) is 2.75. The first-order chi connectivity index (χ1) is 8.96. The Labute approximate surface area is 114 Å². The number of rotatable bonds is 2. The molecule has 2 rings (SSSR count). The summed E-state index contributed by atoms with van der Waals surface area (Å²) in [6.45, 7) is 4.21. The van der Waals surface area contributed by atoms with E-state index in [0.717, 1.165) is 36.8 Å². The summed E-state index contributed by atoms with van der Waals surface area (Å²) in [5.41, 5.74) is 2.13. The van der Waals surface area contributed by atoms with Crippen molar-refractivity contribution < 1.29 is 14.6 Å². The minimum atomic E-state index is -0.101. The average Bonchev–Trinajstić information content (AvgIpc) is 2.41. The van der Waals surface area contributed by atoms with Crippen molar-refractivity contribution in [2.45, 2.75) is 44.9 Å². The lowest BCUT2D eigenvalue weighted by Gasteiger charge is -2.37. The molecule has 1 N–H and O–H groups in total. The summed E-state index contributed by atoms with van der Waals surface area (Å²) in [6, 6.07) is 5.75. The molecule has 1 aromatic carbocycles. The van der Waals surface area contributed by atoms with Gasteiger partial charge in [0.25, 0.3) is 0 Å². The van der Waals surface area contributed by atoms with Crippen LogP contribution in [-0.4, -0.2) is 18.2 Å². The minimum absolute atomic E-state index is 0.0185. The molecular formula is C16H22O3. The van der Waals surface area contributed by atoms with Crippen molar-refractivity contribution in [3.8, 4) is 5.75 Å². The number of carbonyl (C=O) groups excluding carboxylic acids is 1. The molecular weight excluding hydrogens is 240 g/mol. The Morgan fingerprint density at radius 2 is 2.00 bits per heavy atom. The largest absolute Gasteiger partial charge is 0.508 e. The van der Waals surface area contributed by atoms with Crippen LogP contribution in [-0.2, 0) is 14.9 Å². The van der Waals surface area contributed by atoms with Gasteiger partial charge in [0.1, 0.15) is 5.75 Å². The maximum absolute atomic E-state index is 11.6. The van der Waals surface area contributed by atoms with Crippen LogP contribution in [0.5, 0.6) is 5.75 Å². The second-order valence-electron chi connectivity index (χ2n) is 5.88. The summed E-state index contributed by atoms with van der Waals surface area (Å²) in [5.74, 6) is 0.283. The number of ether oxygens (including phenoxy) is 1. The molecule has 0 aliphatic heterocycles. The lowest BCUT2D eigenvalue weighted by molar-refractivity contribution is -0.146. The van der Waals surface area contributed by atoms with Crippen molar-refractivity contribution in [2.75, 3.05) is 7.11 Å². The van der Waals surface area contributed by atoms with Gasteiger partial charge >= 0.3 is 5.97 Å². The van der Waals surface area contributed by atoms with E-state index >= 15 is 0 Å². The minimum Gasteiger partial charge on any atom is -0.508 e. The normalized spacial score (nSPS) is 27.0. The molecule has 0 heterocycles. The maximum Gasteiger partial charge on any atom is 0.308 e. The molecule has 0 unspecified atom stereocenters. The highest BCUT2D eigenvalue weighted by molar-refractivity contribution is 5.72. The first-order valence-corrected chi connectivity index (χ1v) is 6.84. The predicted octanol–water partition coefficient (Wildman–Crippen LogP) is 3.32. The molecule has 19 heavy (non-hydrogen) atoms. The molecule has 3 nitrogen and oxygen atoms in total. The van der Waals surface area contributed by atoms with Crippen molar-refractivity contribution in [3.05, 3.63) is 29.3 Å². The van der Waals surface area contributed by atoms with Gasteiger partial charge in [-0.2, -0.15) is 0 Å². The van der Waals surface area contributed by atoms with Gasteiger partial charge in [-0.25, -0.2) is 0 Å². The molecule has 0 spiro atoms. The Kier molecular flexibility index (Phi) is 3.83. The SMILES string of the molecule is COC(=O)C1CCC(C)(c2cc(C)ccc2O)CC1. The zero-order chi connectivity index (χ0) is 14.0. The summed E-state index contributed by atoms with van der Waals surface area (Å²) >= 11 is 0. The quantitative estimate of drug-likeness (QED) is 0.832. The van der Waals surface area contributed by atoms with Crippen LogP contribution in [0.3, 0.4) is 0 Å². The summed E-state index contributed by atoms with van der Waals surface area (Å²) in [4.78, 5) is 11.6. The van der Waals surface area contributed by atoms with Gasteiger partial charge in [-0.3, -0.25) is 4.79 Å². The zero-order valence-electron chi connectivity index (χ0n) is 11.9. The van der Waals surface area contributed by atoms with Crippen molar-refractivity contribution in [1.29, 1.82) is 0 Å². The van der Waals surface area contributed by atoms with E-state index in [9.17, 15) is 9.90 Å². The van der Waals surface area contributed by atoms with Crippen molar-refractivity contribution in [1.82, 2.24) is 0 Å². The maximum atomic E-state index is 11.6. The molecule has 0 aromatic heterocycles. The van der Waals surface area contributed by atoms with Gasteiger partial charge in [0, 0.05) is 5.56 Å². The third-order valence-electron chi connectivity index (χ3n) is 4.43. The standard InChI is InChI=1S/C16H22O3/c1-11-4-5-14(17)13(10-11)16(2)8-6-12(7-9-16)15(18)19-3/h4-5,10,12,17H,6-9H2,1-3H3. The molecule has 0 bridgehead atoms. The Hall–Kier alpha value is -1.51. The van der Waals surface area contributed by atoms with E-state index < -0.39 is 0 Å². The van der Waals surface area contributed by atoms with E-state index in [2.05, 4.69) is 13.0 Å². The van der Waals surface area contributed by atoms with Gasteiger partial charge in [0.15, 0.2) is 0 Å². The number of phenolic OH excluding ortho intramolecular Hbond substituents is 1. The summed E-state index contributed by atoms with van der Waals surface area (Å²) in [5, 5.41) is 10.1. The first kappa shape index (κ1) is 13.9. The van der Waals surface area contributed by atoms with E-state index in [-0.39, 0.29) is 17.3 Å². The molecule has 0 saturated heterocycles. The highest BCUT2D eigenvalue weighted by Crippen LogP contribution is 2.44. The second kappa shape index (κ2) is 5.24. The van der Waals surface area contributed by atoms with Crippen molar-refractivity contribution in [3.63, 3.8) is 0 Å². The van der Waals surface area contributed by atoms with Crippen LogP contribution in [0.2, 0.25) is 0 Å². The van der Waals surface area contributed by atoms with Gasteiger partial charge in [0.2, 0.25) is 0 Å². The number of esters is 1. The van der Waals surface area contributed by atoms with Crippen LogP contribution in [0.15, 0.2) is 18.2 Å². The first-order valence-electron chi connectivity index (χ1n) is 6.84. The van der Waals surface area contributed by atoms with E-state index in [4.69, 9.17) is 4.74 Å². The van der Waals surface area contributed by atoms with Crippen LogP contribution in [0, 0.1) is 12.8 Å². The Morgan fingerprint density at radius 3 is 2.58 bits per heavy atom. The fraction of sp³-hybridized carbons (Fsp3) is 0.562. The molecule has 0 atom stereocenters. The van der Waals surface area contributed by atoms with E-state index in [1.807, 2.05) is 13.0 Å². The Morgan fingerprint density at radius 1 is 1.37 bits per heavy atom. The van der Waals surface area contributed by atoms with Gasteiger partial charge < -0.3 is 9.84 Å². The number of phenols is 1. The zero-order valence-corrected chi connectivity index (χ0v) is 11.9. The number of hydrogen-bond donors (Lipinski definition) is 1. The lowest BCUT2D eigenvalue weighted by Crippen LogP contribution is -2.32. The van der Waals surface area contributed by atoms with Gasteiger partial charge in [0.05, 0.1) is 13.0 Å². The number of aromatic hydroxyl groups is 1. The van der Waals surface area contributed by atoms with Crippen LogP contribution < -0.4 is 0 Å². The Bertz CT molecular complexity index is 471. The molecule has 0 radical (unpaired) electrons. The van der Waals surface area contributed by atoms with Crippen LogP contribution in [0.25, 0.3) is 0 Å². The number of benzene rings is 1. The topological polar surface area (TPSA) is 46.5 Å². The number of carbonyl (C=O) groups is 1. The number of methoxy groups -OCH3 is 1. The highest BCUT2D eigenvalue weighted by Gasteiger charge is 2.37. The van der Waals surface area contributed by atoms with E-state index in [1.54, 1.807) is 6.07 Å². The Balaban J connectivity index is 2.17. The van der Waals surface area contributed by atoms with Gasteiger partial charge in [-0.05, 0) is 44.1 Å². The van der Waals surface area contributed by atoms with Gasteiger partial charge in [-0.1, -0.05) is 24.6 Å². The summed E-state index contributed by atoms with van der Waals surface area (Å²) in [6.07, 6.45) is 3.47. The highest BCUT2D eigenvalue weighted by atomic mass is 16.5. The van der Waals surface area contributed by atoms with Crippen LogP contribution in [0.4, 0.5) is 0 Å². The second-order valence-corrected chi connectivity index (χ2v) is 5.88. The monoisotopic (exact) mass is 262 g/mol. The van der Waals surface area contributed by atoms with Crippen molar-refractivity contribution in [2.24, 2.45) is 5.92 Å². The summed E-state index contributed by atoms with van der Waals surface area (Å²) < 4.78 is 4.82. The van der Waals surface area contributed by atoms with E-state index in [1.165, 1.54) is 7.11 Å². The van der Waals surface area contributed by atoms with Crippen LogP contribution in [0.1, 0.15) is 43.7 Å². The fourth-order valence-electron chi connectivity index (χ4n) is 3.06. The lowest BCUT2D eigenvalue weighted by atomic mass is 9.67. The predicted molar refractivity (Wildman–Crippen MR) is 74.2 cm³/mol. The fourth-order valence-corrected chi connectivity index (χ4v) is 3.06. The molecule has 3 heteroatoms. The van der Waals surface area contributed by atoms with E-state index in [0.29, 0.717) is 5.75 Å². The average molecular weight is 262 g/mol. The molecule has 1 aliphatic carbocycles. The molecule has 0 amide bonds. The van der Waals surface area contributed by atoms with Gasteiger partial charge in [-0.15, -0.1) is 0 Å². The smallest absolute Gasteiger partial charge is 0.308 e. The van der Waals surface area contributed by atoms with Crippen LogP contribution >= 0.6 is 0 Å². The molecule has 104 valence electrons. The third-order valence-corrected chi connectivity index (χ3v) is 4.43. The molecule has 1 aliphatic rings. The van der Waals surface area contributed by atoms with Crippen molar-refractivity contribution >= 4 is 5.97 Å². The number of aryl methyl sites for hydroxylation is 1. The molecule has 1 saturated carbocycles. The molecule has 1 aromatic rings. The summed E-state index contributed by atoms with van der Waals surface area (Å²) in [7, 11) is 1.45. The number of hydrogen-bond acceptors (Lipinski definition) is 3. The molecule has 1 fully saturated rings.